The summed E-state index contributed by atoms with van der Waals surface area (Å²) in [5.74, 6) is 0. The summed E-state index contributed by atoms with van der Waals surface area (Å²) in [7, 11) is 0. The lowest BCUT2D eigenvalue weighted by Gasteiger charge is -2.03. The molecule has 0 amide bonds. The molecule has 18 heavy (non-hydrogen) atoms. The zero-order chi connectivity index (χ0) is 13.5. The zero-order valence-corrected chi connectivity index (χ0v) is 11.7. The zero-order valence-electron chi connectivity index (χ0n) is 10.8. The molecule has 1 atom stereocenters. The summed E-state index contributed by atoms with van der Waals surface area (Å²) in [5.41, 5.74) is 3.72. The minimum Gasteiger partial charge on any atom is -0.768 e. The number of hydrogen-bond donors (Lipinski definition) is 0. The molecular formula is C15H17O2S-. The van der Waals surface area contributed by atoms with Gasteiger partial charge in [-0.15, -0.1) is 0 Å². The van der Waals surface area contributed by atoms with Crippen LogP contribution in [0.5, 0.6) is 0 Å². The molecular weight excluding hydrogens is 244 g/mol. The Balaban J connectivity index is 0.000000184. The van der Waals surface area contributed by atoms with Gasteiger partial charge in [-0.3, -0.25) is 4.21 Å². The molecule has 0 bridgehead atoms. The molecule has 0 fully saturated rings. The Hall–Kier alpha value is -1.45. The van der Waals surface area contributed by atoms with Crippen LogP contribution in [0.3, 0.4) is 0 Å². The highest BCUT2D eigenvalue weighted by Crippen LogP contribution is 2.05. The van der Waals surface area contributed by atoms with E-state index in [0.717, 1.165) is 5.56 Å². The van der Waals surface area contributed by atoms with Crippen molar-refractivity contribution in [3.8, 4) is 0 Å². The minimum absolute atomic E-state index is 0.339. The average Bonchev–Trinajstić information content (AvgIpc) is 2.34. The van der Waals surface area contributed by atoms with E-state index < -0.39 is 11.1 Å². The predicted molar refractivity (Wildman–Crippen MR) is 74.3 cm³/mol. The van der Waals surface area contributed by atoms with Crippen molar-refractivity contribution in [1.29, 1.82) is 0 Å². The molecule has 96 valence electrons. The Morgan fingerprint density at radius 3 is 1.28 bits per heavy atom. The minimum atomic E-state index is -2.09. The second-order valence-corrected chi connectivity index (χ2v) is 5.14. The molecule has 0 heterocycles. The number of rotatable bonds is 1. The van der Waals surface area contributed by atoms with Crippen LogP contribution in [0.1, 0.15) is 16.7 Å². The first kappa shape index (κ1) is 14.6. The lowest BCUT2D eigenvalue weighted by Crippen LogP contribution is -1.87. The molecule has 3 heteroatoms. The highest BCUT2D eigenvalue weighted by molar-refractivity contribution is 7.79. The van der Waals surface area contributed by atoms with Crippen molar-refractivity contribution in [3.63, 3.8) is 0 Å². The molecule has 0 aliphatic heterocycles. The van der Waals surface area contributed by atoms with E-state index in [9.17, 15) is 8.76 Å². The monoisotopic (exact) mass is 261 g/mol. The standard InChI is InChI=1S/C8H10.C7H8O2S/c1-7-3-5-8(2)6-4-7;1-6-2-4-7(5-3-6)10(8)9/h3-6H,1-2H3;2-5H,1H3,(H,8,9)/p-1. The molecule has 0 aliphatic rings. The van der Waals surface area contributed by atoms with Crippen LogP contribution < -0.4 is 0 Å². The van der Waals surface area contributed by atoms with E-state index in [1.807, 2.05) is 6.92 Å². The molecule has 2 rings (SSSR count). The summed E-state index contributed by atoms with van der Waals surface area (Å²) >= 11 is -2.09. The largest absolute Gasteiger partial charge is 0.768 e. The normalized spacial score (nSPS) is 11.3. The van der Waals surface area contributed by atoms with Crippen molar-refractivity contribution in [2.24, 2.45) is 0 Å². The SMILES string of the molecule is Cc1ccc(C)cc1.Cc1ccc(S(=O)[O-])cc1. The van der Waals surface area contributed by atoms with Gasteiger partial charge < -0.3 is 4.55 Å². The maximum absolute atomic E-state index is 10.3. The Bertz CT molecular complexity index is 480. The highest BCUT2D eigenvalue weighted by Gasteiger charge is 1.88. The third-order valence-electron chi connectivity index (χ3n) is 2.43. The molecule has 2 aromatic carbocycles. The maximum atomic E-state index is 10.3. The van der Waals surface area contributed by atoms with Crippen LogP contribution in [-0.4, -0.2) is 8.76 Å². The quantitative estimate of drug-likeness (QED) is 0.737. The third kappa shape index (κ3) is 5.25. The molecule has 0 saturated heterocycles. The average molecular weight is 261 g/mol. The summed E-state index contributed by atoms with van der Waals surface area (Å²) in [6.07, 6.45) is 0. The van der Waals surface area contributed by atoms with Crippen LogP contribution in [0.4, 0.5) is 0 Å². The molecule has 0 N–H and O–H groups in total. The van der Waals surface area contributed by atoms with Crippen LogP contribution in [0.2, 0.25) is 0 Å². The first-order valence-electron chi connectivity index (χ1n) is 5.68. The topological polar surface area (TPSA) is 40.1 Å². The number of benzene rings is 2. The van der Waals surface area contributed by atoms with Crippen molar-refractivity contribution >= 4 is 11.1 Å². The first-order chi connectivity index (χ1) is 8.49. The van der Waals surface area contributed by atoms with Crippen LogP contribution in [-0.2, 0) is 11.1 Å². The van der Waals surface area contributed by atoms with Gasteiger partial charge in [-0.05, 0) is 44.0 Å². The summed E-state index contributed by atoms with van der Waals surface area (Å²) in [6, 6.07) is 15.2. The molecule has 0 spiro atoms. The van der Waals surface area contributed by atoms with Gasteiger partial charge in [0.25, 0.3) is 0 Å². The van der Waals surface area contributed by atoms with Gasteiger partial charge >= 0.3 is 0 Å². The molecule has 1 unspecified atom stereocenters. The van der Waals surface area contributed by atoms with Crippen LogP contribution in [0, 0.1) is 20.8 Å². The Morgan fingerprint density at radius 2 is 1.00 bits per heavy atom. The molecule has 0 aliphatic carbocycles. The van der Waals surface area contributed by atoms with Crippen molar-refractivity contribution in [2.45, 2.75) is 25.7 Å². The maximum Gasteiger partial charge on any atom is 0.0248 e. The summed E-state index contributed by atoms with van der Waals surface area (Å²) < 4.78 is 20.6. The Morgan fingerprint density at radius 1 is 0.722 bits per heavy atom. The second-order valence-electron chi connectivity index (χ2n) is 4.20. The van der Waals surface area contributed by atoms with Crippen LogP contribution in [0.25, 0.3) is 0 Å². The molecule has 2 aromatic rings. The fraction of sp³-hybridized carbons (Fsp3) is 0.200. The van der Waals surface area contributed by atoms with Gasteiger partial charge in [0.2, 0.25) is 0 Å². The number of hydrogen-bond acceptors (Lipinski definition) is 2. The van der Waals surface area contributed by atoms with Gasteiger partial charge in [-0.2, -0.15) is 0 Å². The molecule has 0 saturated carbocycles. The first-order valence-corrected chi connectivity index (χ1v) is 6.76. The van der Waals surface area contributed by atoms with Gasteiger partial charge in [0, 0.05) is 4.90 Å². The summed E-state index contributed by atoms with van der Waals surface area (Å²) in [4.78, 5) is 0.339. The van der Waals surface area contributed by atoms with E-state index in [4.69, 9.17) is 0 Å². The Labute approximate surface area is 111 Å². The van der Waals surface area contributed by atoms with Crippen LogP contribution in [0.15, 0.2) is 53.4 Å². The predicted octanol–water partition coefficient (Wildman–Crippen LogP) is 3.54. The van der Waals surface area contributed by atoms with E-state index in [-0.39, 0.29) is 0 Å². The van der Waals surface area contributed by atoms with E-state index in [2.05, 4.69) is 38.1 Å². The fourth-order valence-electron chi connectivity index (χ4n) is 1.29. The smallest absolute Gasteiger partial charge is 0.0248 e. The van der Waals surface area contributed by atoms with Gasteiger partial charge in [-0.25, -0.2) is 0 Å². The van der Waals surface area contributed by atoms with E-state index in [0.29, 0.717) is 4.90 Å². The lowest BCUT2D eigenvalue weighted by atomic mass is 10.2. The highest BCUT2D eigenvalue weighted by atomic mass is 32.2. The van der Waals surface area contributed by atoms with Crippen LogP contribution >= 0.6 is 0 Å². The molecule has 2 nitrogen and oxygen atoms in total. The van der Waals surface area contributed by atoms with Crippen molar-refractivity contribution < 1.29 is 8.76 Å². The van der Waals surface area contributed by atoms with Crippen molar-refractivity contribution in [3.05, 3.63) is 65.2 Å². The third-order valence-corrected chi connectivity index (χ3v) is 3.09. The number of aryl methyl sites for hydroxylation is 3. The van der Waals surface area contributed by atoms with Crippen molar-refractivity contribution in [2.75, 3.05) is 0 Å². The van der Waals surface area contributed by atoms with E-state index in [1.54, 1.807) is 24.3 Å². The van der Waals surface area contributed by atoms with Gasteiger partial charge in [0.15, 0.2) is 0 Å². The molecule has 0 radical (unpaired) electrons. The van der Waals surface area contributed by atoms with Gasteiger partial charge in [0.1, 0.15) is 0 Å². The van der Waals surface area contributed by atoms with Gasteiger partial charge in [-0.1, -0.05) is 53.1 Å². The Kier molecular flexibility index (Phi) is 5.75. The van der Waals surface area contributed by atoms with E-state index >= 15 is 0 Å². The fourth-order valence-corrected chi connectivity index (χ4v) is 1.64. The summed E-state index contributed by atoms with van der Waals surface area (Å²) in [5, 5.41) is 0. The molecule has 0 aromatic heterocycles. The van der Waals surface area contributed by atoms with E-state index in [1.165, 1.54) is 11.1 Å². The van der Waals surface area contributed by atoms with Crippen molar-refractivity contribution in [1.82, 2.24) is 0 Å². The van der Waals surface area contributed by atoms with Gasteiger partial charge in [0.05, 0.1) is 0 Å². The summed E-state index contributed by atoms with van der Waals surface area (Å²) in [6.45, 7) is 6.11. The lowest BCUT2D eigenvalue weighted by molar-refractivity contribution is 0.537. The second kappa shape index (κ2) is 7.09.